The highest BCUT2D eigenvalue weighted by atomic mass is 32.1. The van der Waals surface area contributed by atoms with Crippen molar-refractivity contribution in [2.45, 2.75) is 13.8 Å². The number of aromatic nitrogens is 1. The quantitative estimate of drug-likeness (QED) is 0.840. The SMILES string of the molecule is CCOc1ccc(-c2nc(C)sc2C(=O)O)cc1N. The molecule has 0 spiro atoms. The number of rotatable bonds is 4. The number of ether oxygens (including phenoxy) is 1. The van der Waals surface area contributed by atoms with E-state index in [1.807, 2.05) is 6.92 Å². The number of thiazole rings is 1. The van der Waals surface area contributed by atoms with Crippen LogP contribution in [0.15, 0.2) is 18.2 Å². The summed E-state index contributed by atoms with van der Waals surface area (Å²) in [6, 6.07) is 5.18. The molecule has 0 atom stereocenters. The lowest BCUT2D eigenvalue weighted by Gasteiger charge is -2.08. The second-order valence-corrected chi connectivity index (χ2v) is 5.10. The monoisotopic (exact) mass is 278 g/mol. The maximum atomic E-state index is 11.2. The number of hydrogen-bond acceptors (Lipinski definition) is 5. The van der Waals surface area contributed by atoms with Crippen LogP contribution in [0.2, 0.25) is 0 Å². The van der Waals surface area contributed by atoms with Gasteiger partial charge in [-0.25, -0.2) is 9.78 Å². The number of aryl methyl sites for hydroxylation is 1. The summed E-state index contributed by atoms with van der Waals surface area (Å²) in [4.78, 5) is 15.7. The minimum atomic E-state index is -0.979. The predicted octanol–water partition coefficient (Wildman–Crippen LogP) is 2.80. The van der Waals surface area contributed by atoms with Gasteiger partial charge in [0, 0.05) is 5.56 Å². The molecule has 1 aromatic carbocycles. The number of hydrogen-bond donors (Lipinski definition) is 2. The van der Waals surface area contributed by atoms with Gasteiger partial charge in [-0.05, 0) is 32.0 Å². The van der Waals surface area contributed by atoms with E-state index in [1.165, 1.54) is 0 Å². The van der Waals surface area contributed by atoms with Crippen molar-refractivity contribution >= 4 is 23.0 Å². The van der Waals surface area contributed by atoms with Crippen molar-refractivity contribution < 1.29 is 14.6 Å². The molecule has 6 heteroatoms. The van der Waals surface area contributed by atoms with Crippen LogP contribution in [-0.2, 0) is 0 Å². The molecule has 1 heterocycles. The Morgan fingerprint density at radius 2 is 2.26 bits per heavy atom. The number of nitrogens with two attached hydrogens (primary N) is 1. The molecule has 19 heavy (non-hydrogen) atoms. The van der Waals surface area contributed by atoms with Gasteiger partial charge >= 0.3 is 5.97 Å². The smallest absolute Gasteiger partial charge is 0.348 e. The Balaban J connectivity index is 2.48. The molecular formula is C13H14N2O3S. The minimum Gasteiger partial charge on any atom is -0.492 e. The van der Waals surface area contributed by atoms with Crippen LogP contribution in [0.25, 0.3) is 11.3 Å². The molecule has 0 aliphatic rings. The number of carboxylic acid groups (broad SMARTS) is 1. The maximum absolute atomic E-state index is 11.2. The van der Waals surface area contributed by atoms with Crippen molar-refractivity contribution in [2.24, 2.45) is 0 Å². The van der Waals surface area contributed by atoms with Crippen molar-refractivity contribution in [3.05, 3.63) is 28.1 Å². The number of carboxylic acids is 1. The second kappa shape index (κ2) is 5.27. The first kappa shape index (κ1) is 13.4. The number of anilines is 1. The molecule has 3 N–H and O–H groups in total. The standard InChI is InChI=1S/C13H14N2O3S/c1-3-18-10-5-4-8(6-9(10)14)11-12(13(16)17)19-7(2)15-11/h4-6H,3,14H2,1-2H3,(H,16,17). The zero-order valence-electron chi connectivity index (χ0n) is 10.6. The molecule has 0 aliphatic heterocycles. The van der Waals surface area contributed by atoms with E-state index in [-0.39, 0.29) is 4.88 Å². The lowest BCUT2D eigenvalue weighted by Crippen LogP contribution is -1.99. The van der Waals surface area contributed by atoms with Gasteiger partial charge in [0.25, 0.3) is 0 Å². The molecule has 2 aromatic rings. The van der Waals surface area contributed by atoms with Gasteiger partial charge < -0.3 is 15.6 Å². The molecule has 100 valence electrons. The molecular weight excluding hydrogens is 264 g/mol. The first-order chi connectivity index (χ1) is 9.02. The van der Waals surface area contributed by atoms with Crippen LogP contribution in [0.5, 0.6) is 5.75 Å². The van der Waals surface area contributed by atoms with Crippen LogP contribution in [-0.4, -0.2) is 22.7 Å². The van der Waals surface area contributed by atoms with Gasteiger partial charge in [-0.15, -0.1) is 11.3 Å². The van der Waals surface area contributed by atoms with E-state index < -0.39 is 5.97 Å². The van der Waals surface area contributed by atoms with Gasteiger partial charge in [0.1, 0.15) is 10.6 Å². The molecule has 0 radical (unpaired) electrons. The summed E-state index contributed by atoms with van der Waals surface area (Å²) in [5.74, 6) is -0.386. The fourth-order valence-corrected chi connectivity index (χ4v) is 2.53. The van der Waals surface area contributed by atoms with Crippen LogP contribution in [0.3, 0.4) is 0 Å². The average Bonchev–Trinajstić information content (AvgIpc) is 2.74. The molecule has 2 rings (SSSR count). The number of nitrogens with zero attached hydrogens (tertiary/aromatic N) is 1. The zero-order chi connectivity index (χ0) is 14.0. The topological polar surface area (TPSA) is 85.4 Å². The normalized spacial score (nSPS) is 10.4. The lowest BCUT2D eigenvalue weighted by atomic mass is 10.1. The Morgan fingerprint density at radius 1 is 1.53 bits per heavy atom. The first-order valence-corrected chi connectivity index (χ1v) is 6.58. The Labute approximate surface area is 114 Å². The van der Waals surface area contributed by atoms with Crippen LogP contribution in [0.1, 0.15) is 21.6 Å². The lowest BCUT2D eigenvalue weighted by molar-refractivity contribution is 0.0702. The Morgan fingerprint density at radius 3 is 2.84 bits per heavy atom. The molecule has 0 unspecified atom stereocenters. The fourth-order valence-electron chi connectivity index (χ4n) is 1.75. The maximum Gasteiger partial charge on any atom is 0.348 e. The third-order valence-corrected chi connectivity index (χ3v) is 3.47. The summed E-state index contributed by atoms with van der Waals surface area (Å²) < 4.78 is 5.35. The van der Waals surface area contributed by atoms with E-state index >= 15 is 0 Å². The van der Waals surface area contributed by atoms with Gasteiger partial charge in [0.05, 0.1) is 23.0 Å². The molecule has 0 saturated heterocycles. The fraction of sp³-hybridized carbons (Fsp3) is 0.231. The highest BCUT2D eigenvalue weighted by Crippen LogP contribution is 2.32. The number of aromatic carboxylic acids is 1. The van der Waals surface area contributed by atoms with E-state index in [0.29, 0.717) is 34.3 Å². The van der Waals surface area contributed by atoms with Crippen LogP contribution in [0, 0.1) is 6.92 Å². The molecule has 0 amide bonds. The van der Waals surface area contributed by atoms with Crippen LogP contribution in [0.4, 0.5) is 5.69 Å². The molecule has 0 saturated carbocycles. The van der Waals surface area contributed by atoms with E-state index in [2.05, 4.69) is 4.98 Å². The number of nitrogen functional groups attached to an aromatic ring is 1. The van der Waals surface area contributed by atoms with Crippen molar-refractivity contribution in [1.82, 2.24) is 4.98 Å². The van der Waals surface area contributed by atoms with E-state index in [1.54, 1.807) is 25.1 Å². The predicted molar refractivity (Wildman–Crippen MR) is 74.8 cm³/mol. The summed E-state index contributed by atoms with van der Waals surface area (Å²) in [6.07, 6.45) is 0. The summed E-state index contributed by atoms with van der Waals surface area (Å²) in [6.45, 7) is 4.18. The first-order valence-electron chi connectivity index (χ1n) is 5.76. The highest BCUT2D eigenvalue weighted by molar-refractivity contribution is 7.14. The van der Waals surface area contributed by atoms with Gasteiger partial charge in [0.15, 0.2) is 0 Å². The van der Waals surface area contributed by atoms with Gasteiger partial charge in [0.2, 0.25) is 0 Å². The number of carbonyl (C=O) groups is 1. The van der Waals surface area contributed by atoms with E-state index in [4.69, 9.17) is 15.6 Å². The molecule has 1 aromatic heterocycles. The summed E-state index contributed by atoms with van der Waals surface area (Å²) in [5, 5.41) is 9.87. The summed E-state index contributed by atoms with van der Waals surface area (Å²) in [7, 11) is 0. The van der Waals surface area contributed by atoms with Crippen molar-refractivity contribution in [1.29, 1.82) is 0 Å². The van der Waals surface area contributed by atoms with Gasteiger partial charge in [-0.3, -0.25) is 0 Å². The third kappa shape index (κ3) is 2.68. The summed E-state index contributed by atoms with van der Waals surface area (Å²) >= 11 is 1.15. The second-order valence-electron chi connectivity index (χ2n) is 3.90. The van der Waals surface area contributed by atoms with Crippen molar-refractivity contribution in [3.63, 3.8) is 0 Å². The molecule has 5 nitrogen and oxygen atoms in total. The van der Waals surface area contributed by atoms with Crippen molar-refractivity contribution in [3.8, 4) is 17.0 Å². The summed E-state index contributed by atoms with van der Waals surface area (Å²) in [5.41, 5.74) is 7.49. The van der Waals surface area contributed by atoms with Crippen molar-refractivity contribution in [2.75, 3.05) is 12.3 Å². The molecule has 0 fully saturated rings. The van der Waals surface area contributed by atoms with Crippen LogP contribution < -0.4 is 10.5 Å². The molecule has 0 aliphatic carbocycles. The van der Waals surface area contributed by atoms with E-state index in [0.717, 1.165) is 11.3 Å². The zero-order valence-corrected chi connectivity index (χ0v) is 11.5. The van der Waals surface area contributed by atoms with E-state index in [9.17, 15) is 4.79 Å². The third-order valence-electron chi connectivity index (χ3n) is 2.51. The minimum absolute atomic E-state index is 0.223. The largest absolute Gasteiger partial charge is 0.492 e. The average molecular weight is 278 g/mol. The number of benzene rings is 1. The Bertz CT molecular complexity index is 622. The Kier molecular flexibility index (Phi) is 3.71. The Hall–Kier alpha value is -2.08. The van der Waals surface area contributed by atoms with Gasteiger partial charge in [-0.1, -0.05) is 0 Å². The molecule has 0 bridgehead atoms. The van der Waals surface area contributed by atoms with Crippen LogP contribution >= 0.6 is 11.3 Å². The van der Waals surface area contributed by atoms with Gasteiger partial charge in [-0.2, -0.15) is 0 Å². The highest BCUT2D eigenvalue weighted by Gasteiger charge is 2.18.